The van der Waals surface area contributed by atoms with E-state index in [1.807, 2.05) is 0 Å². The second-order valence-electron chi connectivity index (χ2n) is 5.49. The molecule has 140 valence electrons. The standard InChI is InChI=1S/C18H22N2O5S/c1-2-3-12-24-15-6-8-16(9-7-15)25-26(22,23)17-10-4-14(5-11-17)20-18(21)13-19/h4-11H,2-3,12-13,19H2,1H3,(H,20,21). The van der Waals surface area contributed by atoms with Crippen LogP contribution in [-0.4, -0.2) is 27.5 Å². The second kappa shape index (κ2) is 9.21. The van der Waals surface area contributed by atoms with Crippen molar-refractivity contribution in [2.45, 2.75) is 24.7 Å². The first kappa shape index (κ1) is 19.7. The van der Waals surface area contributed by atoms with Gasteiger partial charge in [-0.2, -0.15) is 8.42 Å². The smallest absolute Gasteiger partial charge is 0.339 e. The Morgan fingerprint density at radius 3 is 2.23 bits per heavy atom. The molecule has 0 atom stereocenters. The quantitative estimate of drug-likeness (QED) is 0.513. The SMILES string of the molecule is CCCCOc1ccc(OS(=O)(=O)c2ccc(NC(=O)CN)cc2)cc1. The average Bonchev–Trinajstić information content (AvgIpc) is 2.63. The third-order valence-electron chi connectivity index (χ3n) is 3.41. The van der Waals surface area contributed by atoms with Gasteiger partial charge in [0, 0.05) is 5.69 Å². The molecule has 0 bridgehead atoms. The van der Waals surface area contributed by atoms with Gasteiger partial charge in [-0.15, -0.1) is 0 Å². The predicted molar refractivity (Wildman–Crippen MR) is 98.8 cm³/mol. The van der Waals surface area contributed by atoms with E-state index in [-0.39, 0.29) is 23.1 Å². The molecule has 26 heavy (non-hydrogen) atoms. The Labute approximate surface area is 153 Å². The number of anilines is 1. The van der Waals surface area contributed by atoms with E-state index in [0.29, 0.717) is 18.0 Å². The normalized spacial score (nSPS) is 11.0. The number of amides is 1. The lowest BCUT2D eigenvalue weighted by atomic mass is 10.3. The van der Waals surface area contributed by atoms with E-state index in [2.05, 4.69) is 12.2 Å². The molecular formula is C18H22N2O5S. The maximum absolute atomic E-state index is 12.3. The number of ether oxygens (including phenoxy) is 1. The summed E-state index contributed by atoms with van der Waals surface area (Å²) in [5.74, 6) is 0.481. The Kier molecular flexibility index (Phi) is 6.99. The zero-order chi connectivity index (χ0) is 19.0. The van der Waals surface area contributed by atoms with Gasteiger partial charge in [-0.1, -0.05) is 13.3 Å². The summed E-state index contributed by atoms with van der Waals surface area (Å²) in [6.07, 6.45) is 1.99. The Bertz CT molecular complexity index is 818. The maximum Gasteiger partial charge on any atom is 0.339 e. The van der Waals surface area contributed by atoms with Crippen LogP contribution < -0.4 is 20.0 Å². The van der Waals surface area contributed by atoms with Gasteiger partial charge in [-0.3, -0.25) is 4.79 Å². The molecule has 0 unspecified atom stereocenters. The Morgan fingerprint density at radius 2 is 1.65 bits per heavy atom. The van der Waals surface area contributed by atoms with E-state index < -0.39 is 10.1 Å². The van der Waals surface area contributed by atoms with E-state index in [1.54, 1.807) is 12.1 Å². The van der Waals surface area contributed by atoms with Crippen LogP contribution in [0.15, 0.2) is 53.4 Å². The molecule has 2 rings (SSSR count). The van der Waals surface area contributed by atoms with Crippen molar-refractivity contribution >= 4 is 21.7 Å². The zero-order valence-electron chi connectivity index (χ0n) is 14.5. The molecule has 0 radical (unpaired) electrons. The largest absolute Gasteiger partial charge is 0.494 e. The van der Waals surface area contributed by atoms with Crippen LogP contribution in [0.1, 0.15) is 19.8 Å². The molecule has 2 aromatic rings. The van der Waals surface area contributed by atoms with Gasteiger partial charge in [0.05, 0.1) is 13.2 Å². The molecule has 2 aromatic carbocycles. The number of hydrogen-bond acceptors (Lipinski definition) is 6. The van der Waals surface area contributed by atoms with Gasteiger partial charge < -0.3 is 20.0 Å². The first-order chi connectivity index (χ1) is 12.4. The molecule has 3 N–H and O–H groups in total. The number of rotatable bonds is 9. The molecule has 0 aromatic heterocycles. The highest BCUT2D eigenvalue weighted by Gasteiger charge is 2.16. The summed E-state index contributed by atoms with van der Waals surface area (Å²) in [5.41, 5.74) is 5.66. The molecule has 8 heteroatoms. The summed E-state index contributed by atoms with van der Waals surface area (Å²) in [4.78, 5) is 11.2. The van der Waals surface area contributed by atoms with Crippen molar-refractivity contribution < 1.29 is 22.1 Å². The number of carbonyl (C=O) groups excluding carboxylic acids is 1. The fourth-order valence-electron chi connectivity index (χ4n) is 2.02. The van der Waals surface area contributed by atoms with E-state index >= 15 is 0 Å². The summed E-state index contributed by atoms with van der Waals surface area (Å²) < 4.78 is 35.3. The van der Waals surface area contributed by atoms with Crippen LogP contribution in [0, 0.1) is 0 Å². The summed E-state index contributed by atoms with van der Waals surface area (Å²) >= 11 is 0. The molecule has 0 saturated carbocycles. The lowest BCUT2D eigenvalue weighted by Crippen LogP contribution is -2.21. The van der Waals surface area contributed by atoms with Gasteiger partial charge in [0.1, 0.15) is 16.4 Å². The molecule has 0 aliphatic carbocycles. The number of unbranched alkanes of at least 4 members (excludes halogenated alkanes) is 1. The van der Waals surface area contributed by atoms with Crippen molar-refractivity contribution in [3.8, 4) is 11.5 Å². The Morgan fingerprint density at radius 1 is 1.04 bits per heavy atom. The highest BCUT2D eigenvalue weighted by atomic mass is 32.2. The number of nitrogens with two attached hydrogens (primary N) is 1. The van der Waals surface area contributed by atoms with Crippen molar-refractivity contribution in [2.75, 3.05) is 18.5 Å². The van der Waals surface area contributed by atoms with Crippen molar-refractivity contribution in [3.63, 3.8) is 0 Å². The molecular weight excluding hydrogens is 356 g/mol. The molecule has 0 aliphatic heterocycles. The van der Waals surface area contributed by atoms with Crippen LogP contribution >= 0.6 is 0 Å². The minimum absolute atomic E-state index is 0.0217. The summed E-state index contributed by atoms with van der Waals surface area (Å²) in [5, 5.41) is 2.53. The summed E-state index contributed by atoms with van der Waals surface area (Å²) in [6.45, 7) is 2.53. The predicted octanol–water partition coefficient (Wildman–Crippen LogP) is 2.53. The fourth-order valence-corrected chi connectivity index (χ4v) is 2.95. The van der Waals surface area contributed by atoms with Crippen LogP contribution in [0.3, 0.4) is 0 Å². The summed E-state index contributed by atoms with van der Waals surface area (Å²) in [6, 6.07) is 12.0. The molecule has 1 amide bonds. The highest BCUT2D eigenvalue weighted by molar-refractivity contribution is 7.87. The lowest BCUT2D eigenvalue weighted by molar-refractivity contribution is -0.114. The Balaban J connectivity index is 2.02. The topological polar surface area (TPSA) is 108 Å². The number of carbonyl (C=O) groups is 1. The molecule has 0 heterocycles. The maximum atomic E-state index is 12.3. The highest BCUT2D eigenvalue weighted by Crippen LogP contribution is 2.23. The first-order valence-corrected chi connectivity index (χ1v) is 9.63. The van der Waals surface area contributed by atoms with Crippen LogP contribution in [-0.2, 0) is 14.9 Å². The van der Waals surface area contributed by atoms with Gasteiger partial charge in [-0.25, -0.2) is 0 Å². The monoisotopic (exact) mass is 378 g/mol. The minimum atomic E-state index is -3.98. The van der Waals surface area contributed by atoms with E-state index in [9.17, 15) is 13.2 Å². The number of hydrogen-bond donors (Lipinski definition) is 2. The fraction of sp³-hybridized carbons (Fsp3) is 0.278. The molecule has 0 saturated heterocycles. The third kappa shape index (κ3) is 5.75. The van der Waals surface area contributed by atoms with E-state index in [1.165, 1.54) is 36.4 Å². The third-order valence-corrected chi connectivity index (χ3v) is 4.67. The van der Waals surface area contributed by atoms with E-state index in [0.717, 1.165) is 12.8 Å². The number of nitrogens with one attached hydrogen (secondary N) is 1. The average molecular weight is 378 g/mol. The minimum Gasteiger partial charge on any atom is -0.494 e. The van der Waals surface area contributed by atoms with E-state index in [4.69, 9.17) is 14.7 Å². The first-order valence-electron chi connectivity index (χ1n) is 8.22. The van der Waals surface area contributed by atoms with Gasteiger partial charge >= 0.3 is 10.1 Å². The summed E-state index contributed by atoms with van der Waals surface area (Å²) in [7, 11) is -3.98. The van der Waals surface area contributed by atoms with Gasteiger partial charge in [0.15, 0.2) is 0 Å². The molecule has 7 nitrogen and oxygen atoms in total. The van der Waals surface area contributed by atoms with Crippen molar-refractivity contribution in [2.24, 2.45) is 5.73 Å². The van der Waals surface area contributed by atoms with Crippen molar-refractivity contribution in [1.29, 1.82) is 0 Å². The van der Waals surface area contributed by atoms with Crippen molar-refractivity contribution in [1.82, 2.24) is 0 Å². The second-order valence-corrected chi connectivity index (χ2v) is 7.03. The van der Waals surface area contributed by atoms with Gasteiger partial charge in [-0.05, 0) is 55.0 Å². The van der Waals surface area contributed by atoms with Crippen molar-refractivity contribution in [3.05, 3.63) is 48.5 Å². The zero-order valence-corrected chi connectivity index (χ0v) is 15.3. The molecule has 0 aliphatic rings. The Hall–Kier alpha value is -2.58. The van der Waals surface area contributed by atoms with Crippen LogP contribution in [0.5, 0.6) is 11.5 Å². The van der Waals surface area contributed by atoms with Crippen LogP contribution in [0.25, 0.3) is 0 Å². The molecule has 0 spiro atoms. The molecule has 0 fully saturated rings. The number of benzene rings is 2. The lowest BCUT2D eigenvalue weighted by Gasteiger charge is -2.09. The van der Waals surface area contributed by atoms with Gasteiger partial charge in [0.2, 0.25) is 5.91 Å². The van der Waals surface area contributed by atoms with Crippen LogP contribution in [0.2, 0.25) is 0 Å². The van der Waals surface area contributed by atoms with Crippen LogP contribution in [0.4, 0.5) is 5.69 Å². The van der Waals surface area contributed by atoms with Gasteiger partial charge in [0.25, 0.3) is 0 Å².